The van der Waals surface area contributed by atoms with Gasteiger partial charge in [0.1, 0.15) is 11.3 Å². The van der Waals surface area contributed by atoms with Crippen LogP contribution in [0, 0.1) is 19.3 Å². The van der Waals surface area contributed by atoms with E-state index in [1.165, 1.54) is 12.2 Å². The fraction of sp³-hybridized carbons (Fsp3) is 0.545. The first-order valence-corrected chi connectivity index (χ1v) is 10.3. The van der Waals surface area contributed by atoms with Crippen molar-refractivity contribution >= 4 is 33.4 Å². The van der Waals surface area contributed by atoms with E-state index in [0.29, 0.717) is 11.1 Å². The van der Waals surface area contributed by atoms with Crippen molar-refractivity contribution in [2.45, 2.75) is 67.2 Å². The van der Waals surface area contributed by atoms with Crippen molar-refractivity contribution in [3.05, 3.63) is 39.1 Å². The molecule has 1 aliphatic heterocycles. The van der Waals surface area contributed by atoms with Crippen LogP contribution in [0.3, 0.4) is 0 Å². The Kier molecular flexibility index (Phi) is 6.67. The van der Waals surface area contributed by atoms with E-state index in [2.05, 4.69) is 15.9 Å². The van der Waals surface area contributed by atoms with Crippen molar-refractivity contribution in [2.24, 2.45) is 5.41 Å². The molecule has 7 heteroatoms. The van der Waals surface area contributed by atoms with Gasteiger partial charge >= 0.3 is 5.97 Å². The molecule has 1 aliphatic rings. The molecule has 6 nitrogen and oxygen atoms in total. The number of methoxy groups -OCH3 is 1. The largest absolute Gasteiger partial charge is 0.427 e. The van der Waals surface area contributed by atoms with Crippen LogP contribution in [-0.2, 0) is 23.9 Å². The minimum Gasteiger partial charge on any atom is -0.427 e. The number of carbonyl (C=O) groups is 2. The maximum absolute atomic E-state index is 13.5. The second-order valence-electron chi connectivity index (χ2n) is 8.85. The number of nitrogens with zero attached hydrogens (tertiary/aromatic N) is 1. The average molecular weight is 468 g/mol. The maximum Gasteiger partial charge on any atom is 0.316 e. The number of amides is 1. The molecule has 160 valence electrons. The lowest BCUT2D eigenvalue weighted by Crippen LogP contribution is -2.46. The second kappa shape index (κ2) is 8.20. The number of benzene rings is 1. The number of hydrogen-bond acceptors (Lipinski definition) is 5. The van der Waals surface area contributed by atoms with E-state index in [9.17, 15) is 9.59 Å². The number of hydroxylamine groups is 2. The molecule has 0 aromatic heterocycles. The van der Waals surface area contributed by atoms with Crippen molar-refractivity contribution in [3.8, 4) is 0 Å². The van der Waals surface area contributed by atoms with Crippen molar-refractivity contribution in [1.82, 2.24) is 5.06 Å². The quantitative estimate of drug-likeness (QED) is 0.454. The predicted octanol–water partition coefficient (Wildman–Crippen LogP) is 4.91. The van der Waals surface area contributed by atoms with Crippen LogP contribution >= 0.6 is 15.9 Å². The molecule has 29 heavy (non-hydrogen) atoms. The molecule has 0 saturated heterocycles. The van der Waals surface area contributed by atoms with Gasteiger partial charge in [0, 0.05) is 17.1 Å². The number of halogens is 1. The first kappa shape index (κ1) is 23.6. The smallest absolute Gasteiger partial charge is 0.316 e. The summed E-state index contributed by atoms with van der Waals surface area (Å²) < 4.78 is 11.8. The average Bonchev–Trinajstić information content (AvgIpc) is 2.74. The van der Waals surface area contributed by atoms with Gasteiger partial charge in [-0.05, 0) is 72.6 Å². The molecule has 1 unspecified atom stereocenters. The highest BCUT2D eigenvalue weighted by molar-refractivity contribution is 9.10. The standard InChI is InChI=1S/C22H30BrNO5/c1-12-10-13(2)16(15(23)11-12)17-18(28-20(26)21(4,5)6)22(7,8)24(19(17)25)29-14(3)27-9/h10-11,14H,1-9H3. The van der Waals surface area contributed by atoms with Gasteiger partial charge in [-0.2, -0.15) is 0 Å². The van der Waals surface area contributed by atoms with Crippen molar-refractivity contribution in [3.63, 3.8) is 0 Å². The molecule has 0 spiro atoms. The van der Waals surface area contributed by atoms with Crippen molar-refractivity contribution in [2.75, 3.05) is 7.11 Å². The second-order valence-corrected chi connectivity index (χ2v) is 9.70. The zero-order chi connectivity index (χ0) is 22.3. The molecular weight excluding hydrogens is 438 g/mol. The number of ether oxygens (including phenoxy) is 2. The van der Waals surface area contributed by atoms with Gasteiger partial charge in [0.25, 0.3) is 5.91 Å². The summed E-state index contributed by atoms with van der Waals surface area (Å²) in [7, 11) is 1.49. The molecule has 1 aromatic carbocycles. The minimum absolute atomic E-state index is 0.262. The van der Waals surface area contributed by atoms with E-state index in [0.717, 1.165) is 15.6 Å². The predicted molar refractivity (Wildman–Crippen MR) is 115 cm³/mol. The Balaban J connectivity index is 2.72. The van der Waals surface area contributed by atoms with Gasteiger partial charge < -0.3 is 9.47 Å². The van der Waals surface area contributed by atoms with E-state index in [-0.39, 0.29) is 11.7 Å². The summed E-state index contributed by atoms with van der Waals surface area (Å²) in [5, 5.41) is 1.23. The minimum atomic E-state index is -1.02. The van der Waals surface area contributed by atoms with Crippen LogP contribution in [-0.4, -0.2) is 35.9 Å². The molecule has 0 bridgehead atoms. The molecule has 1 atom stereocenters. The summed E-state index contributed by atoms with van der Waals surface area (Å²) in [6.07, 6.45) is -0.653. The Morgan fingerprint density at radius 1 is 1.21 bits per heavy atom. The summed E-state index contributed by atoms with van der Waals surface area (Å²) in [5.41, 5.74) is 1.18. The van der Waals surface area contributed by atoms with Gasteiger partial charge in [0.05, 0.1) is 11.0 Å². The SMILES string of the molecule is COC(C)ON1C(=O)C(c2c(C)cc(C)cc2Br)=C(OC(=O)C(C)(C)C)C1(C)C. The normalized spacial score (nSPS) is 17.7. The molecule has 0 N–H and O–H groups in total. The lowest BCUT2D eigenvalue weighted by Gasteiger charge is -2.34. The monoisotopic (exact) mass is 467 g/mol. The third-order valence-corrected chi connectivity index (χ3v) is 5.39. The molecule has 0 radical (unpaired) electrons. The molecule has 1 amide bonds. The van der Waals surface area contributed by atoms with Crippen LogP contribution in [0.25, 0.3) is 5.57 Å². The first-order valence-electron chi connectivity index (χ1n) is 9.50. The zero-order valence-electron chi connectivity index (χ0n) is 18.6. The highest BCUT2D eigenvalue weighted by Gasteiger charge is 2.51. The third-order valence-electron chi connectivity index (χ3n) is 4.76. The summed E-state index contributed by atoms with van der Waals surface area (Å²) >= 11 is 3.58. The molecular formula is C22H30BrNO5. The fourth-order valence-electron chi connectivity index (χ4n) is 3.10. The lowest BCUT2D eigenvalue weighted by molar-refractivity contribution is -0.276. The topological polar surface area (TPSA) is 65.1 Å². The van der Waals surface area contributed by atoms with Gasteiger partial charge in [0.2, 0.25) is 0 Å². The lowest BCUT2D eigenvalue weighted by atomic mass is 9.94. The van der Waals surface area contributed by atoms with Gasteiger partial charge in [0.15, 0.2) is 6.29 Å². The number of rotatable bonds is 5. The number of carbonyl (C=O) groups excluding carboxylic acids is 2. The molecule has 1 heterocycles. The Bertz CT molecular complexity index is 843. The van der Waals surface area contributed by atoms with Gasteiger partial charge in [-0.3, -0.25) is 9.59 Å². The van der Waals surface area contributed by atoms with Crippen LogP contribution in [0.4, 0.5) is 0 Å². The third kappa shape index (κ3) is 4.57. The summed E-state index contributed by atoms with van der Waals surface area (Å²) in [6, 6.07) is 3.91. The maximum atomic E-state index is 13.5. The number of aryl methyl sites for hydroxylation is 2. The molecule has 0 saturated carbocycles. The Morgan fingerprint density at radius 2 is 1.79 bits per heavy atom. The molecule has 0 fully saturated rings. The first-order chi connectivity index (χ1) is 13.2. The van der Waals surface area contributed by atoms with Crippen LogP contribution in [0.5, 0.6) is 0 Å². The molecule has 1 aromatic rings. The Morgan fingerprint density at radius 3 is 2.28 bits per heavy atom. The van der Waals surface area contributed by atoms with Crippen LogP contribution in [0.1, 0.15) is 58.2 Å². The van der Waals surface area contributed by atoms with Gasteiger partial charge in [-0.15, -0.1) is 0 Å². The number of hydrogen-bond donors (Lipinski definition) is 0. The van der Waals surface area contributed by atoms with Gasteiger partial charge in [-0.25, -0.2) is 9.90 Å². The fourth-order valence-corrected chi connectivity index (χ4v) is 3.97. The zero-order valence-corrected chi connectivity index (χ0v) is 20.2. The van der Waals surface area contributed by atoms with Crippen LogP contribution in [0.15, 0.2) is 22.4 Å². The summed E-state index contributed by atoms with van der Waals surface area (Å²) in [6.45, 7) is 14.5. The van der Waals surface area contributed by atoms with Crippen LogP contribution in [0.2, 0.25) is 0 Å². The van der Waals surface area contributed by atoms with E-state index in [4.69, 9.17) is 14.3 Å². The highest BCUT2D eigenvalue weighted by atomic mass is 79.9. The molecule has 0 aliphatic carbocycles. The summed E-state index contributed by atoms with van der Waals surface area (Å²) in [5.74, 6) is -0.546. The highest BCUT2D eigenvalue weighted by Crippen LogP contribution is 2.45. The van der Waals surface area contributed by atoms with Crippen molar-refractivity contribution in [1.29, 1.82) is 0 Å². The number of esters is 1. The van der Waals surface area contributed by atoms with E-state index in [1.807, 2.05) is 26.0 Å². The Hall–Kier alpha value is -1.70. The van der Waals surface area contributed by atoms with E-state index in [1.54, 1.807) is 41.5 Å². The molecule has 2 rings (SSSR count). The van der Waals surface area contributed by atoms with Crippen LogP contribution < -0.4 is 0 Å². The summed E-state index contributed by atoms with van der Waals surface area (Å²) in [4.78, 5) is 32.0. The van der Waals surface area contributed by atoms with E-state index < -0.39 is 23.2 Å². The van der Waals surface area contributed by atoms with Gasteiger partial charge in [-0.1, -0.05) is 22.0 Å². The van der Waals surface area contributed by atoms with E-state index >= 15 is 0 Å². The van der Waals surface area contributed by atoms with Crippen molar-refractivity contribution < 1.29 is 23.9 Å². The Labute approximate surface area is 181 Å².